The Bertz CT molecular complexity index is 903. The van der Waals surface area contributed by atoms with E-state index in [1.165, 1.54) is 12.1 Å². The minimum atomic E-state index is -0.198. The van der Waals surface area contributed by atoms with E-state index in [0.29, 0.717) is 5.92 Å². The van der Waals surface area contributed by atoms with Crippen molar-refractivity contribution in [3.63, 3.8) is 0 Å². The molecular formula is C21H24FN5. The van der Waals surface area contributed by atoms with Gasteiger partial charge in [-0.3, -0.25) is 14.5 Å². The van der Waals surface area contributed by atoms with Crippen LogP contribution in [0.5, 0.6) is 0 Å². The fraction of sp³-hybridized carbons (Fsp3) is 0.381. The minimum Gasteiger partial charge on any atom is -0.290 e. The molecule has 1 aliphatic rings. The van der Waals surface area contributed by atoms with Crippen LogP contribution in [0.4, 0.5) is 4.39 Å². The highest BCUT2D eigenvalue weighted by atomic mass is 19.1. The lowest BCUT2D eigenvalue weighted by Gasteiger charge is -2.24. The van der Waals surface area contributed by atoms with Crippen molar-refractivity contribution in [2.45, 2.75) is 45.2 Å². The van der Waals surface area contributed by atoms with Crippen molar-refractivity contribution in [3.05, 3.63) is 72.0 Å². The first-order chi connectivity index (χ1) is 13.1. The maximum Gasteiger partial charge on any atom is 0.156 e. The summed E-state index contributed by atoms with van der Waals surface area (Å²) in [6.45, 7) is 6.05. The van der Waals surface area contributed by atoms with Gasteiger partial charge in [-0.05, 0) is 37.1 Å². The van der Waals surface area contributed by atoms with Gasteiger partial charge in [0, 0.05) is 24.9 Å². The van der Waals surface area contributed by atoms with Crippen LogP contribution >= 0.6 is 0 Å². The third-order valence-corrected chi connectivity index (χ3v) is 5.08. The van der Waals surface area contributed by atoms with Gasteiger partial charge in [0.25, 0.3) is 0 Å². The zero-order valence-corrected chi connectivity index (χ0v) is 15.7. The number of benzene rings is 1. The molecule has 0 amide bonds. The summed E-state index contributed by atoms with van der Waals surface area (Å²) in [5.74, 6) is 1.90. The molecule has 0 saturated carbocycles. The molecule has 0 bridgehead atoms. The van der Waals surface area contributed by atoms with Gasteiger partial charge in [-0.1, -0.05) is 26.0 Å². The molecule has 3 heterocycles. The van der Waals surface area contributed by atoms with Crippen LogP contribution in [0.1, 0.15) is 55.7 Å². The van der Waals surface area contributed by atoms with Crippen molar-refractivity contribution in [1.82, 2.24) is 24.4 Å². The maximum absolute atomic E-state index is 13.2. The van der Waals surface area contributed by atoms with Crippen LogP contribution in [0.15, 0.2) is 49.1 Å². The first kappa shape index (κ1) is 17.8. The molecule has 1 aromatic carbocycles. The van der Waals surface area contributed by atoms with E-state index in [-0.39, 0.29) is 11.9 Å². The quantitative estimate of drug-likeness (QED) is 0.678. The van der Waals surface area contributed by atoms with Crippen molar-refractivity contribution in [1.29, 1.82) is 0 Å². The summed E-state index contributed by atoms with van der Waals surface area (Å²) in [5, 5.41) is 0. The Labute approximate surface area is 158 Å². The van der Waals surface area contributed by atoms with Crippen LogP contribution in [0.3, 0.4) is 0 Å². The normalized spacial score (nSPS) is 17.7. The zero-order valence-electron chi connectivity index (χ0n) is 15.7. The number of hydrogen-bond acceptors (Lipinski definition) is 4. The monoisotopic (exact) mass is 365 g/mol. The Hall–Kier alpha value is -2.60. The van der Waals surface area contributed by atoms with Gasteiger partial charge in [0.2, 0.25) is 0 Å². The van der Waals surface area contributed by atoms with E-state index in [1.54, 1.807) is 12.4 Å². The molecule has 1 aliphatic heterocycles. The van der Waals surface area contributed by atoms with E-state index in [1.807, 2.05) is 29.1 Å². The van der Waals surface area contributed by atoms with Crippen LogP contribution in [-0.4, -0.2) is 31.0 Å². The maximum atomic E-state index is 13.2. The second-order valence-electron chi connectivity index (χ2n) is 7.37. The molecule has 4 rings (SSSR count). The summed E-state index contributed by atoms with van der Waals surface area (Å²) < 4.78 is 15.2. The molecule has 5 nitrogen and oxygen atoms in total. The fourth-order valence-electron chi connectivity index (χ4n) is 3.76. The van der Waals surface area contributed by atoms with E-state index < -0.39 is 0 Å². The Morgan fingerprint density at radius 2 is 2.00 bits per heavy atom. The Morgan fingerprint density at radius 3 is 2.78 bits per heavy atom. The molecule has 0 aliphatic carbocycles. The summed E-state index contributed by atoms with van der Waals surface area (Å²) in [7, 11) is 0. The van der Waals surface area contributed by atoms with Gasteiger partial charge in [0.15, 0.2) is 5.82 Å². The average molecular weight is 365 g/mol. The van der Waals surface area contributed by atoms with Crippen LogP contribution in [-0.2, 0) is 6.54 Å². The fourth-order valence-corrected chi connectivity index (χ4v) is 3.76. The molecule has 2 aromatic heterocycles. The molecule has 0 N–H and O–H groups in total. The van der Waals surface area contributed by atoms with Gasteiger partial charge in [-0.2, -0.15) is 0 Å². The molecule has 140 valence electrons. The number of likely N-dealkylation sites (tertiary alicyclic amines) is 1. The molecule has 3 aromatic rings. The second-order valence-corrected chi connectivity index (χ2v) is 7.37. The third kappa shape index (κ3) is 3.76. The van der Waals surface area contributed by atoms with Crippen LogP contribution in [0.2, 0.25) is 0 Å². The molecule has 0 radical (unpaired) electrons. The lowest BCUT2D eigenvalue weighted by molar-refractivity contribution is 0.244. The van der Waals surface area contributed by atoms with Gasteiger partial charge in [0.1, 0.15) is 11.6 Å². The van der Waals surface area contributed by atoms with Gasteiger partial charge < -0.3 is 0 Å². The largest absolute Gasteiger partial charge is 0.290 e. The molecule has 1 saturated heterocycles. The van der Waals surface area contributed by atoms with E-state index in [9.17, 15) is 4.39 Å². The summed E-state index contributed by atoms with van der Waals surface area (Å²) in [4.78, 5) is 16.2. The predicted molar refractivity (Wildman–Crippen MR) is 102 cm³/mol. The molecule has 6 heteroatoms. The Morgan fingerprint density at radius 1 is 1.19 bits per heavy atom. The standard InChI is InChI=1S/C21H24FN5/c1-15(2)21-24-9-11-27(21)20-13-23-12-18(25-20)19-4-3-10-26(19)14-16-5-7-17(22)8-6-16/h5-9,11-13,15,19H,3-4,10,14H2,1-2H3/t19-/m1/s1. The minimum absolute atomic E-state index is 0.198. The van der Waals surface area contributed by atoms with Crippen molar-refractivity contribution in [2.75, 3.05) is 6.54 Å². The van der Waals surface area contributed by atoms with E-state index >= 15 is 0 Å². The van der Waals surface area contributed by atoms with Gasteiger partial charge in [-0.15, -0.1) is 0 Å². The first-order valence-electron chi connectivity index (χ1n) is 9.46. The van der Waals surface area contributed by atoms with E-state index in [4.69, 9.17) is 4.98 Å². The molecule has 0 unspecified atom stereocenters. The van der Waals surface area contributed by atoms with Crippen LogP contribution in [0.25, 0.3) is 5.82 Å². The highest BCUT2D eigenvalue weighted by molar-refractivity contribution is 5.25. The van der Waals surface area contributed by atoms with Gasteiger partial charge in [0.05, 0.1) is 24.1 Å². The van der Waals surface area contributed by atoms with Crippen molar-refractivity contribution in [2.24, 2.45) is 0 Å². The highest BCUT2D eigenvalue weighted by Gasteiger charge is 2.27. The summed E-state index contributed by atoms with van der Waals surface area (Å²) >= 11 is 0. The van der Waals surface area contributed by atoms with E-state index in [2.05, 4.69) is 28.7 Å². The van der Waals surface area contributed by atoms with Gasteiger partial charge >= 0.3 is 0 Å². The van der Waals surface area contributed by atoms with Gasteiger partial charge in [-0.25, -0.2) is 14.4 Å². The number of rotatable bonds is 5. The zero-order chi connectivity index (χ0) is 18.8. The summed E-state index contributed by atoms with van der Waals surface area (Å²) in [6, 6.07) is 6.98. The second kappa shape index (κ2) is 7.56. The Kier molecular flexibility index (Phi) is 4.99. The number of nitrogens with zero attached hydrogens (tertiary/aromatic N) is 5. The SMILES string of the molecule is CC(C)c1nccn1-c1cncc([C@H]2CCCN2Cc2ccc(F)cc2)n1. The summed E-state index contributed by atoms with van der Waals surface area (Å²) in [5.41, 5.74) is 2.10. The van der Waals surface area contributed by atoms with Crippen molar-refractivity contribution in [3.8, 4) is 5.82 Å². The molecule has 1 fully saturated rings. The number of hydrogen-bond donors (Lipinski definition) is 0. The van der Waals surface area contributed by atoms with Crippen molar-refractivity contribution < 1.29 is 4.39 Å². The lowest BCUT2D eigenvalue weighted by Crippen LogP contribution is -2.24. The number of aromatic nitrogens is 4. The first-order valence-corrected chi connectivity index (χ1v) is 9.46. The number of halogens is 1. The van der Waals surface area contributed by atoms with Crippen LogP contribution in [0, 0.1) is 5.82 Å². The van der Waals surface area contributed by atoms with E-state index in [0.717, 1.165) is 48.8 Å². The molecular weight excluding hydrogens is 341 g/mol. The smallest absolute Gasteiger partial charge is 0.156 e. The topological polar surface area (TPSA) is 46.8 Å². The number of imidazole rings is 1. The summed E-state index contributed by atoms with van der Waals surface area (Å²) in [6.07, 6.45) is 9.58. The molecule has 27 heavy (non-hydrogen) atoms. The predicted octanol–water partition coefficient (Wildman–Crippen LogP) is 4.26. The average Bonchev–Trinajstić information content (AvgIpc) is 3.33. The molecule has 0 spiro atoms. The Balaban J connectivity index is 1.59. The third-order valence-electron chi connectivity index (χ3n) is 5.08. The van der Waals surface area contributed by atoms with Crippen molar-refractivity contribution >= 4 is 0 Å². The molecule has 1 atom stereocenters. The highest BCUT2D eigenvalue weighted by Crippen LogP contribution is 2.32. The van der Waals surface area contributed by atoms with Crippen LogP contribution < -0.4 is 0 Å². The lowest BCUT2D eigenvalue weighted by atomic mass is 10.1.